The number of rotatable bonds is 10. The lowest BCUT2D eigenvalue weighted by molar-refractivity contribution is 0.0601. The van der Waals surface area contributed by atoms with Crippen LogP contribution in [0.2, 0.25) is 0 Å². The van der Waals surface area contributed by atoms with Gasteiger partial charge in [0.1, 0.15) is 5.82 Å². The van der Waals surface area contributed by atoms with E-state index in [-0.39, 0.29) is 37.0 Å². The summed E-state index contributed by atoms with van der Waals surface area (Å²) in [6, 6.07) is 18.1. The van der Waals surface area contributed by atoms with Gasteiger partial charge in [0.25, 0.3) is 11.5 Å². The topological polar surface area (TPSA) is 117 Å². The third kappa shape index (κ3) is 6.49. The zero-order valence-electron chi connectivity index (χ0n) is 22.4. The molecule has 0 saturated heterocycles. The molecule has 202 valence electrons. The predicted octanol–water partition coefficient (Wildman–Crippen LogP) is 4.65. The van der Waals surface area contributed by atoms with Gasteiger partial charge in [0.05, 0.1) is 23.5 Å². The highest BCUT2D eigenvalue weighted by molar-refractivity contribution is 5.94. The van der Waals surface area contributed by atoms with E-state index in [2.05, 4.69) is 10.3 Å². The quantitative estimate of drug-likeness (QED) is 0.290. The highest BCUT2D eigenvalue weighted by Gasteiger charge is 2.32. The van der Waals surface area contributed by atoms with Gasteiger partial charge in [0, 0.05) is 31.0 Å². The lowest BCUT2D eigenvalue weighted by atomic mass is 9.98. The van der Waals surface area contributed by atoms with Gasteiger partial charge in [-0.15, -0.1) is 0 Å². The van der Waals surface area contributed by atoms with Gasteiger partial charge in [-0.1, -0.05) is 61.9 Å². The number of aromatic nitrogens is 3. The molecule has 0 aliphatic heterocycles. The SMILES string of the molecule is Cc1ccc(C(=O)N(CCCNC(=O)O)C(c2nc3ccncc3c(=O)n2Cc2ccccc2)C(C)C)cc1. The van der Waals surface area contributed by atoms with Crippen LogP contribution in [-0.2, 0) is 6.54 Å². The van der Waals surface area contributed by atoms with Crippen molar-refractivity contribution in [3.63, 3.8) is 0 Å². The van der Waals surface area contributed by atoms with Crippen molar-refractivity contribution in [3.05, 3.63) is 106 Å². The second-order valence-corrected chi connectivity index (χ2v) is 9.88. The van der Waals surface area contributed by atoms with Gasteiger partial charge in [0.15, 0.2) is 0 Å². The molecule has 1 unspecified atom stereocenters. The predicted molar refractivity (Wildman–Crippen MR) is 150 cm³/mol. The molecule has 39 heavy (non-hydrogen) atoms. The zero-order chi connectivity index (χ0) is 27.9. The minimum absolute atomic E-state index is 0.111. The maximum atomic E-state index is 14.0. The maximum Gasteiger partial charge on any atom is 0.404 e. The molecule has 2 aromatic heterocycles. The number of carboxylic acid groups (broad SMARTS) is 1. The molecule has 4 rings (SSSR count). The van der Waals surface area contributed by atoms with Crippen molar-refractivity contribution in [1.29, 1.82) is 0 Å². The third-order valence-electron chi connectivity index (χ3n) is 6.61. The van der Waals surface area contributed by atoms with Gasteiger partial charge in [-0.05, 0) is 43.0 Å². The molecule has 0 aliphatic carbocycles. The molecule has 0 aliphatic rings. The van der Waals surface area contributed by atoms with Crippen molar-refractivity contribution in [3.8, 4) is 0 Å². The molecule has 0 bridgehead atoms. The normalized spacial score (nSPS) is 11.9. The first-order valence-electron chi connectivity index (χ1n) is 13.0. The van der Waals surface area contributed by atoms with Crippen LogP contribution in [0.25, 0.3) is 10.9 Å². The summed E-state index contributed by atoms with van der Waals surface area (Å²) in [4.78, 5) is 49.6. The monoisotopic (exact) mass is 527 g/mol. The van der Waals surface area contributed by atoms with Crippen LogP contribution >= 0.6 is 0 Å². The summed E-state index contributed by atoms with van der Waals surface area (Å²) < 4.78 is 1.63. The molecule has 2 aromatic carbocycles. The second kappa shape index (κ2) is 12.3. The van der Waals surface area contributed by atoms with Crippen molar-refractivity contribution in [2.24, 2.45) is 5.92 Å². The number of nitrogens with one attached hydrogen (secondary N) is 1. The van der Waals surface area contributed by atoms with Crippen LogP contribution < -0.4 is 10.9 Å². The number of carbonyl (C=O) groups excluding carboxylic acids is 1. The molecular formula is C30H33N5O4. The van der Waals surface area contributed by atoms with Crippen molar-refractivity contribution in [2.75, 3.05) is 13.1 Å². The van der Waals surface area contributed by atoms with Crippen LogP contribution in [0.1, 0.15) is 53.6 Å². The van der Waals surface area contributed by atoms with Crippen LogP contribution in [0, 0.1) is 12.8 Å². The lowest BCUT2D eigenvalue weighted by Crippen LogP contribution is -2.42. The Bertz CT molecular complexity index is 1500. The van der Waals surface area contributed by atoms with Crippen LogP contribution in [0.4, 0.5) is 4.79 Å². The molecule has 4 aromatic rings. The molecular weight excluding hydrogens is 494 g/mol. The summed E-state index contributed by atoms with van der Waals surface area (Å²) in [5, 5.41) is 11.8. The van der Waals surface area contributed by atoms with Crippen molar-refractivity contribution < 1.29 is 14.7 Å². The molecule has 2 heterocycles. The number of hydrogen-bond acceptors (Lipinski definition) is 5. The second-order valence-electron chi connectivity index (χ2n) is 9.88. The van der Waals surface area contributed by atoms with Crippen molar-refractivity contribution in [1.82, 2.24) is 24.8 Å². The highest BCUT2D eigenvalue weighted by Crippen LogP contribution is 2.30. The Labute approximate surface area is 227 Å². The molecule has 0 fully saturated rings. The van der Waals surface area contributed by atoms with E-state index in [1.807, 2.05) is 63.2 Å². The number of benzene rings is 2. The van der Waals surface area contributed by atoms with E-state index in [0.717, 1.165) is 11.1 Å². The highest BCUT2D eigenvalue weighted by atomic mass is 16.4. The maximum absolute atomic E-state index is 14.0. The summed E-state index contributed by atoms with van der Waals surface area (Å²) in [5.74, 6) is 0.156. The van der Waals surface area contributed by atoms with Crippen molar-refractivity contribution >= 4 is 22.9 Å². The fraction of sp³-hybridized carbons (Fsp3) is 0.300. The number of pyridine rings is 1. The fourth-order valence-electron chi connectivity index (χ4n) is 4.70. The Morgan fingerprint density at radius 2 is 1.77 bits per heavy atom. The number of hydrogen-bond donors (Lipinski definition) is 2. The van der Waals surface area contributed by atoms with Gasteiger partial charge < -0.3 is 15.3 Å². The Balaban J connectivity index is 1.86. The number of nitrogens with zero attached hydrogens (tertiary/aromatic N) is 4. The minimum Gasteiger partial charge on any atom is -0.465 e. The first-order valence-corrected chi connectivity index (χ1v) is 13.0. The molecule has 2 amide bonds. The van der Waals surface area contributed by atoms with Gasteiger partial charge in [-0.3, -0.25) is 19.1 Å². The summed E-state index contributed by atoms with van der Waals surface area (Å²) in [7, 11) is 0. The van der Waals surface area contributed by atoms with Gasteiger partial charge in [-0.2, -0.15) is 0 Å². The first-order chi connectivity index (χ1) is 18.8. The Kier molecular flexibility index (Phi) is 8.70. The fourth-order valence-corrected chi connectivity index (χ4v) is 4.70. The standard InChI is InChI=1S/C30H33N5O4/c1-20(2)26(34(17-7-15-32-30(38)39)28(36)23-12-10-21(3)11-13-23)27-33-25-14-16-31-18-24(25)29(37)35(27)19-22-8-5-4-6-9-22/h4-6,8-14,16,18,20,26,32H,7,15,17,19H2,1-3H3,(H,38,39). The molecule has 0 saturated carbocycles. The van der Waals surface area contributed by atoms with Crippen molar-refractivity contribution in [2.45, 2.75) is 39.8 Å². The van der Waals surface area contributed by atoms with E-state index >= 15 is 0 Å². The zero-order valence-corrected chi connectivity index (χ0v) is 22.4. The molecule has 9 nitrogen and oxygen atoms in total. The number of aryl methyl sites for hydroxylation is 1. The van der Waals surface area contributed by atoms with E-state index < -0.39 is 12.1 Å². The molecule has 2 N–H and O–H groups in total. The Morgan fingerprint density at radius 1 is 1.05 bits per heavy atom. The van der Waals surface area contributed by atoms with E-state index in [4.69, 9.17) is 10.1 Å². The van der Waals surface area contributed by atoms with E-state index in [1.54, 1.807) is 33.9 Å². The third-order valence-corrected chi connectivity index (χ3v) is 6.61. The van der Waals surface area contributed by atoms with Gasteiger partial charge in [0.2, 0.25) is 0 Å². The Morgan fingerprint density at radius 3 is 2.44 bits per heavy atom. The van der Waals surface area contributed by atoms with Crippen LogP contribution in [0.15, 0.2) is 77.9 Å². The van der Waals surface area contributed by atoms with E-state index in [1.165, 1.54) is 6.20 Å². The number of carbonyl (C=O) groups is 2. The summed E-state index contributed by atoms with van der Waals surface area (Å²) in [5.41, 5.74) is 2.75. The molecule has 9 heteroatoms. The molecule has 0 spiro atoms. The smallest absolute Gasteiger partial charge is 0.404 e. The lowest BCUT2D eigenvalue weighted by Gasteiger charge is -2.35. The molecule has 0 radical (unpaired) electrons. The van der Waals surface area contributed by atoms with Crippen LogP contribution in [0.5, 0.6) is 0 Å². The largest absolute Gasteiger partial charge is 0.465 e. The van der Waals surface area contributed by atoms with Gasteiger partial charge in [-0.25, -0.2) is 9.78 Å². The number of amides is 2. The average molecular weight is 528 g/mol. The summed E-state index contributed by atoms with van der Waals surface area (Å²) >= 11 is 0. The average Bonchev–Trinajstić information content (AvgIpc) is 2.92. The Hall–Kier alpha value is -4.53. The molecule has 1 atom stereocenters. The van der Waals surface area contributed by atoms with E-state index in [0.29, 0.717) is 28.7 Å². The van der Waals surface area contributed by atoms with Crippen LogP contribution in [0.3, 0.4) is 0 Å². The summed E-state index contributed by atoms with van der Waals surface area (Å²) in [6.45, 7) is 6.67. The van der Waals surface area contributed by atoms with Gasteiger partial charge >= 0.3 is 6.09 Å². The summed E-state index contributed by atoms with van der Waals surface area (Å²) in [6.07, 6.45) is 2.39. The van der Waals surface area contributed by atoms with Crippen LogP contribution in [-0.4, -0.2) is 49.6 Å². The first kappa shape index (κ1) is 27.5. The van der Waals surface area contributed by atoms with E-state index in [9.17, 15) is 14.4 Å². The minimum atomic E-state index is -1.12. The number of fused-ring (bicyclic) bond motifs is 1.